The van der Waals surface area contributed by atoms with E-state index in [1.165, 1.54) is 0 Å². The van der Waals surface area contributed by atoms with Gasteiger partial charge in [0, 0.05) is 44.2 Å². The van der Waals surface area contributed by atoms with E-state index in [-0.39, 0.29) is 5.91 Å². The first kappa shape index (κ1) is 14.0. The minimum atomic E-state index is 0.138. The number of aryl methyl sites for hydroxylation is 1. The summed E-state index contributed by atoms with van der Waals surface area (Å²) in [6, 6.07) is 3.90. The Bertz CT molecular complexity index is 483. The lowest BCUT2D eigenvalue weighted by Crippen LogP contribution is -2.48. The maximum Gasteiger partial charge on any atom is 0.219 e. The van der Waals surface area contributed by atoms with E-state index in [0.717, 1.165) is 43.2 Å². The van der Waals surface area contributed by atoms with E-state index in [2.05, 4.69) is 4.90 Å². The van der Waals surface area contributed by atoms with Crippen molar-refractivity contribution in [1.82, 2.24) is 4.90 Å². The predicted molar refractivity (Wildman–Crippen MR) is 77.2 cm³/mol. The molecule has 0 atom stereocenters. The lowest BCUT2D eigenvalue weighted by molar-refractivity contribution is -0.129. The molecule has 0 saturated carbocycles. The molecular weight excluding hydrogens is 264 g/mol. The molecule has 19 heavy (non-hydrogen) atoms. The van der Waals surface area contributed by atoms with E-state index in [1.54, 1.807) is 14.0 Å². The molecule has 0 unspecified atom stereocenters. The Hall–Kier alpha value is -1.42. The van der Waals surface area contributed by atoms with Crippen LogP contribution in [0.1, 0.15) is 12.5 Å². The van der Waals surface area contributed by atoms with Gasteiger partial charge in [0.1, 0.15) is 5.75 Å². The Kier molecular flexibility index (Phi) is 4.20. The van der Waals surface area contributed by atoms with Crippen LogP contribution < -0.4 is 9.64 Å². The fraction of sp³-hybridized carbons (Fsp3) is 0.500. The highest BCUT2D eigenvalue weighted by atomic mass is 35.5. The fourth-order valence-corrected chi connectivity index (χ4v) is 2.47. The van der Waals surface area contributed by atoms with Crippen molar-refractivity contribution in [2.75, 3.05) is 38.2 Å². The lowest BCUT2D eigenvalue weighted by atomic mass is 10.1. The molecule has 1 heterocycles. The number of hydrogen-bond donors (Lipinski definition) is 0. The molecule has 5 heteroatoms. The molecule has 2 rings (SSSR count). The number of anilines is 1. The van der Waals surface area contributed by atoms with E-state index in [0.29, 0.717) is 5.02 Å². The van der Waals surface area contributed by atoms with Crippen molar-refractivity contribution in [3.63, 3.8) is 0 Å². The Balaban J connectivity index is 2.19. The average Bonchev–Trinajstić information content (AvgIpc) is 2.41. The molecule has 104 valence electrons. The van der Waals surface area contributed by atoms with Gasteiger partial charge in [-0.05, 0) is 18.6 Å². The van der Waals surface area contributed by atoms with Crippen molar-refractivity contribution in [2.45, 2.75) is 13.8 Å². The van der Waals surface area contributed by atoms with Gasteiger partial charge >= 0.3 is 0 Å². The number of rotatable bonds is 2. The number of halogens is 1. The average molecular weight is 283 g/mol. The normalized spacial score (nSPS) is 15.6. The van der Waals surface area contributed by atoms with Gasteiger partial charge in [-0.15, -0.1) is 0 Å². The van der Waals surface area contributed by atoms with Gasteiger partial charge in [-0.25, -0.2) is 0 Å². The van der Waals surface area contributed by atoms with Gasteiger partial charge in [-0.2, -0.15) is 0 Å². The van der Waals surface area contributed by atoms with E-state index in [9.17, 15) is 4.79 Å². The molecule has 1 aromatic rings. The van der Waals surface area contributed by atoms with Gasteiger partial charge in [0.15, 0.2) is 0 Å². The summed E-state index contributed by atoms with van der Waals surface area (Å²) in [7, 11) is 1.65. The molecule has 1 saturated heterocycles. The number of methoxy groups -OCH3 is 1. The fourth-order valence-electron chi connectivity index (χ4n) is 2.32. The van der Waals surface area contributed by atoms with Crippen LogP contribution in [-0.2, 0) is 4.79 Å². The second kappa shape index (κ2) is 5.70. The molecular formula is C14H19ClN2O2. The number of nitrogens with zero attached hydrogens (tertiary/aromatic N) is 2. The van der Waals surface area contributed by atoms with Crippen molar-refractivity contribution in [3.05, 3.63) is 22.7 Å². The summed E-state index contributed by atoms with van der Waals surface area (Å²) in [5.41, 5.74) is 2.08. The molecule has 0 aliphatic carbocycles. The number of hydrogen-bond acceptors (Lipinski definition) is 3. The van der Waals surface area contributed by atoms with Gasteiger partial charge in [0.05, 0.1) is 12.8 Å². The molecule has 1 aliphatic rings. The van der Waals surface area contributed by atoms with Crippen LogP contribution in [0.3, 0.4) is 0 Å². The Morgan fingerprint density at radius 2 is 1.89 bits per heavy atom. The summed E-state index contributed by atoms with van der Waals surface area (Å²) >= 11 is 6.12. The number of carbonyl (C=O) groups is 1. The topological polar surface area (TPSA) is 32.8 Å². The van der Waals surface area contributed by atoms with E-state index in [4.69, 9.17) is 16.3 Å². The number of piperazine rings is 1. The molecule has 1 aromatic carbocycles. The summed E-state index contributed by atoms with van der Waals surface area (Å²) in [5.74, 6) is 0.922. The second-order valence-electron chi connectivity index (χ2n) is 4.77. The van der Waals surface area contributed by atoms with Crippen molar-refractivity contribution in [1.29, 1.82) is 0 Å². The van der Waals surface area contributed by atoms with Crippen molar-refractivity contribution in [3.8, 4) is 5.75 Å². The van der Waals surface area contributed by atoms with Crippen LogP contribution in [0, 0.1) is 6.92 Å². The third kappa shape index (κ3) is 2.95. The summed E-state index contributed by atoms with van der Waals surface area (Å²) in [5, 5.41) is 0.711. The largest absolute Gasteiger partial charge is 0.495 e. The summed E-state index contributed by atoms with van der Waals surface area (Å²) in [4.78, 5) is 15.4. The molecule has 0 radical (unpaired) electrons. The Morgan fingerprint density at radius 1 is 1.26 bits per heavy atom. The highest BCUT2D eigenvalue weighted by molar-refractivity contribution is 6.31. The van der Waals surface area contributed by atoms with Crippen LogP contribution in [-0.4, -0.2) is 44.1 Å². The molecule has 0 bridgehead atoms. The Morgan fingerprint density at radius 3 is 2.42 bits per heavy atom. The van der Waals surface area contributed by atoms with E-state index in [1.807, 2.05) is 24.0 Å². The van der Waals surface area contributed by atoms with Crippen LogP contribution in [0.5, 0.6) is 5.75 Å². The molecule has 1 fully saturated rings. The maximum absolute atomic E-state index is 11.3. The summed E-state index contributed by atoms with van der Waals surface area (Å²) in [6.07, 6.45) is 0. The first-order valence-electron chi connectivity index (χ1n) is 6.37. The SMILES string of the molecule is COc1cc(Cl)c(C)cc1N1CCN(C(C)=O)CC1. The smallest absolute Gasteiger partial charge is 0.219 e. The van der Waals surface area contributed by atoms with Crippen LogP contribution in [0.2, 0.25) is 5.02 Å². The zero-order valence-corrected chi connectivity index (χ0v) is 12.3. The molecule has 1 aliphatic heterocycles. The first-order valence-corrected chi connectivity index (χ1v) is 6.75. The molecule has 1 amide bonds. The molecule has 0 aromatic heterocycles. The van der Waals surface area contributed by atoms with Crippen molar-refractivity contribution >= 4 is 23.2 Å². The quantitative estimate of drug-likeness (QED) is 0.835. The number of ether oxygens (including phenoxy) is 1. The zero-order valence-electron chi connectivity index (χ0n) is 11.6. The van der Waals surface area contributed by atoms with Crippen LogP contribution in [0.4, 0.5) is 5.69 Å². The number of benzene rings is 1. The number of carbonyl (C=O) groups excluding carboxylic acids is 1. The first-order chi connectivity index (χ1) is 9.02. The Labute approximate surface area is 118 Å². The minimum absolute atomic E-state index is 0.138. The van der Waals surface area contributed by atoms with Crippen LogP contribution in [0.15, 0.2) is 12.1 Å². The van der Waals surface area contributed by atoms with E-state index < -0.39 is 0 Å². The zero-order chi connectivity index (χ0) is 14.0. The van der Waals surface area contributed by atoms with Gasteiger partial charge < -0.3 is 14.5 Å². The van der Waals surface area contributed by atoms with Gasteiger partial charge in [-0.3, -0.25) is 4.79 Å². The third-order valence-corrected chi connectivity index (χ3v) is 3.93. The highest BCUT2D eigenvalue weighted by Gasteiger charge is 2.21. The summed E-state index contributed by atoms with van der Waals surface area (Å²) in [6.45, 7) is 6.73. The second-order valence-corrected chi connectivity index (χ2v) is 5.17. The van der Waals surface area contributed by atoms with Gasteiger partial charge in [0.25, 0.3) is 0 Å². The predicted octanol–water partition coefficient (Wildman–Crippen LogP) is 2.33. The maximum atomic E-state index is 11.3. The minimum Gasteiger partial charge on any atom is -0.495 e. The standard InChI is InChI=1S/C14H19ClN2O2/c1-10-8-13(14(19-3)9-12(10)15)17-6-4-16(5-7-17)11(2)18/h8-9H,4-7H2,1-3H3. The highest BCUT2D eigenvalue weighted by Crippen LogP contribution is 2.34. The lowest BCUT2D eigenvalue weighted by Gasteiger charge is -2.36. The van der Waals surface area contributed by atoms with Crippen LogP contribution in [0.25, 0.3) is 0 Å². The van der Waals surface area contributed by atoms with Crippen molar-refractivity contribution in [2.24, 2.45) is 0 Å². The van der Waals surface area contributed by atoms with Crippen LogP contribution >= 0.6 is 11.6 Å². The molecule has 0 spiro atoms. The summed E-state index contributed by atoms with van der Waals surface area (Å²) < 4.78 is 5.40. The number of amides is 1. The molecule has 0 N–H and O–H groups in total. The molecule has 4 nitrogen and oxygen atoms in total. The van der Waals surface area contributed by atoms with Crippen molar-refractivity contribution < 1.29 is 9.53 Å². The third-order valence-electron chi connectivity index (χ3n) is 3.53. The van der Waals surface area contributed by atoms with E-state index >= 15 is 0 Å². The monoisotopic (exact) mass is 282 g/mol. The van der Waals surface area contributed by atoms with Gasteiger partial charge in [0.2, 0.25) is 5.91 Å². The van der Waals surface area contributed by atoms with Gasteiger partial charge in [-0.1, -0.05) is 11.6 Å².